The number of imidazole rings is 1. The molecule has 18 aromatic rings. The molecule has 0 aliphatic rings. The van der Waals surface area contributed by atoms with Crippen molar-refractivity contribution in [3.05, 3.63) is 456 Å². The fourth-order valence-corrected chi connectivity index (χ4v) is 14.5. The summed E-state index contributed by atoms with van der Waals surface area (Å²) in [6.07, 6.45) is 30.8. The first-order valence-electron chi connectivity index (χ1n) is 41.5. The maximum absolute atomic E-state index is 13.0. The summed E-state index contributed by atoms with van der Waals surface area (Å²) in [6, 6.07) is 102. The van der Waals surface area contributed by atoms with E-state index >= 15 is 0 Å². The Labute approximate surface area is 757 Å². The van der Waals surface area contributed by atoms with Crippen LogP contribution in [-0.2, 0) is 85.6 Å². The molecular weight excluding hydrogens is 1670 g/mol. The van der Waals surface area contributed by atoms with E-state index in [1.54, 1.807) is 54.1 Å². The number of halogens is 1. The molecule has 0 atom stereocenters. The average molecular weight is 1760 g/mol. The van der Waals surface area contributed by atoms with Gasteiger partial charge in [0.15, 0.2) is 11.0 Å². The second kappa shape index (κ2) is 46.8. The van der Waals surface area contributed by atoms with Gasteiger partial charge in [-0.3, -0.25) is 10.0 Å². The van der Waals surface area contributed by atoms with E-state index in [-0.39, 0.29) is 5.82 Å². The highest BCUT2D eigenvalue weighted by molar-refractivity contribution is 5.97. The molecule has 132 heavy (non-hydrogen) atoms. The van der Waals surface area contributed by atoms with Crippen molar-refractivity contribution in [1.29, 1.82) is 0 Å². The van der Waals surface area contributed by atoms with Crippen molar-refractivity contribution in [2.45, 2.75) is 32.6 Å². The van der Waals surface area contributed by atoms with Crippen molar-refractivity contribution in [1.82, 2.24) is 33.7 Å². The van der Waals surface area contributed by atoms with Crippen LogP contribution in [0.1, 0.15) is 66.8 Å². The SMILES string of the molecule is NOC(=O)/C=C/c1ccc2[nH]c[n+](Cc3ccccc3)c2c1.NOC(=O)/C=C/c1ccc2c(Cc3ccccc3)c[nH]c2c1.NOC(=O)/C=C/c1ccc2c(ccn2-c2ccccc2)c1.NOC(=O)/C=C/c1ccc2c(ccn2Cc2ccc(F)cc2)c1.NOC(=O)/C=C/c1ccc2c(ccn2Cc2ccccc2)c1.O=C(/C=C/c1cn(Cc2ccccc2)c2ccccc12)NO. The smallest absolute Gasteiger partial charge is 0.349 e. The van der Waals surface area contributed by atoms with E-state index in [4.69, 9.17) is 34.7 Å². The Morgan fingerprint density at radius 1 is 0.371 bits per heavy atom. The third-order valence-electron chi connectivity index (χ3n) is 20.9. The van der Waals surface area contributed by atoms with E-state index in [9.17, 15) is 33.2 Å². The van der Waals surface area contributed by atoms with Gasteiger partial charge in [-0.05, 0) is 207 Å². The molecule has 0 saturated carbocycles. The van der Waals surface area contributed by atoms with Gasteiger partial charge in [0.1, 0.15) is 12.4 Å². The number of aromatic nitrogens is 7. The number of nitrogens with one attached hydrogen (secondary N) is 3. The number of carbonyl (C=O) groups excluding carboxylic acids is 6. The van der Waals surface area contributed by atoms with Crippen LogP contribution in [0.2, 0.25) is 0 Å². The molecule has 26 heteroatoms. The summed E-state index contributed by atoms with van der Waals surface area (Å²) in [5, 5.41) is 14.1. The second-order valence-electron chi connectivity index (χ2n) is 29.8. The number of H-pyrrole nitrogens is 2. The summed E-state index contributed by atoms with van der Waals surface area (Å²) in [5.74, 6) is 20.3. The number of hydroxylamine groups is 1. The maximum Gasteiger partial charge on any atom is 0.349 e. The summed E-state index contributed by atoms with van der Waals surface area (Å²) in [5.41, 5.74) is 23.0. The molecule has 18 rings (SSSR count). The Morgan fingerprint density at radius 3 is 1.30 bits per heavy atom. The molecular formula is C106H93FN13O12+. The molecule has 25 nitrogen and oxygen atoms in total. The van der Waals surface area contributed by atoms with Crippen molar-refractivity contribution in [2.24, 2.45) is 29.5 Å². The van der Waals surface area contributed by atoms with Gasteiger partial charge in [0.2, 0.25) is 6.33 Å². The fraction of sp³-hybridized carbons (Fsp3) is 0.0472. The number of hydrogen-bond donors (Lipinski definition) is 9. The molecule has 0 bridgehead atoms. The van der Waals surface area contributed by atoms with Crippen LogP contribution < -0.4 is 39.5 Å². The lowest BCUT2D eigenvalue weighted by Gasteiger charge is -2.06. The topological polar surface area (TPSA) is 366 Å². The molecule has 0 unspecified atom stereocenters. The Kier molecular flexibility index (Phi) is 32.8. The highest BCUT2D eigenvalue weighted by Gasteiger charge is 2.14. The number of hydrogen-bond acceptors (Lipinski definition) is 17. The van der Waals surface area contributed by atoms with E-state index in [2.05, 4.69) is 142 Å². The summed E-state index contributed by atoms with van der Waals surface area (Å²) < 4.78 is 23.7. The number of carbonyl (C=O) groups is 6. The maximum atomic E-state index is 13.0. The Balaban J connectivity index is 0.000000135. The molecule has 12 aromatic carbocycles. The first kappa shape index (κ1) is 92.4. The Morgan fingerprint density at radius 2 is 0.788 bits per heavy atom. The largest absolute Gasteiger partial charge is 0.370 e. The minimum absolute atomic E-state index is 0.237. The zero-order chi connectivity index (χ0) is 92.3. The van der Waals surface area contributed by atoms with Crippen molar-refractivity contribution in [2.75, 3.05) is 0 Å². The zero-order valence-electron chi connectivity index (χ0n) is 71.3. The molecule has 6 aromatic heterocycles. The lowest BCUT2D eigenvalue weighted by atomic mass is 10.0. The van der Waals surface area contributed by atoms with Gasteiger partial charge in [0.05, 0.1) is 5.52 Å². The lowest BCUT2D eigenvalue weighted by Crippen LogP contribution is -2.32. The quantitative estimate of drug-likeness (QED) is 0.0124. The first-order chi connectivity index (χ1) is 64.5. The minimum atomic E-state index is -0.598. The van der Waals surface area contributed by atoms with E-state index < -0.39 is 35.8 Å². The third kappa shape index (κ3) is 26.2. The van der Waals surface area contributed by atoms with Crippen LogP contribution in [0, 0.1) is 5.82 Å². The van der Waals surface area contributed by atoms with Crippen molar-refractivity contribution in [3.8, 4) is 5.69 Å². The zero-order valence-corrected chi connectivity index (χ0v) is 71.3. The minimum Gasteiger partial charge on any atom is -0.370 e. The van der Waals surface area contributed by atoms with Crippen molar-refractivity contribution < 1.29 is 67.1 Å². The molecule has 1 amide bonds. The molecule has 0 spiro atoms. The molecule has 0 aliphatic carbocycles. The Hall–Kier alpha value is -17.2. The molecule has 0 saturated heterocycles. The predicted octanol–water partition coefficient (Wildman–Crippen LogP) is 17.8. The monoisotopic (exact) mass is 1760 g/mol. The summed E-state index contributed by atoms with van der Waals surface area (Å²) in [6.45, 7) is 3.04. The summed E-state index contributed by atoms with van der Waals surface area (Å²) >= 11 is 0. The van der Waals surface area contributed by atoms with E-state index in [1.807, 2.05) is 237 Å². The van der Waals surface area contributed by atoms with Crippen LogP contribution in [0.15, 0.2) is 383 Å². The Bertz CT molecular complexity index is 7020. The van der Waals surface area contributed by atoms with Crippen LogP contribution in [0.3, 0.4) is 0 Å². The molecule has 0 radical (unpaired) electrons. The van der Waals surface area contributed by atoms with E-state index in [0.29, 0.717) is 6.54 Å². The van der Waals surface area contributed by atoms with Gasteiger partial charge in [-0.2, -0.15) is 29.5 Å². The normalized spacial score (nSPS) is 11.1. The molecule has 660 valence electrons. The fourth-order valence-electron chi connectivity index (χ4n) is 14.5. The molecule has 0 fully saturated rings. The van der Waals surface area contributed by atoms with Crippen molar-refractivity contribution >= 4 is 138 Å². The van der Waals surface area contributed by atoms with Crippen molar-refractivity contribution in [3.63, 3.8) is 0 Å². The highest BCUT2D eigenvalue weighted by atomic mass is 19.1. The second-order valence-corrected chi connectivity index (χ2v) is 29.8. The van der Waals surface area contributed by atoms with Gasteiger partial charge in [-0.1, -0.05) is 206 Å². The van der Waals surface area contributed by atoms with E-state index in [0.717, 1.165) is 131 Å². The lowest BCUT2D eigenvalue weighted by molar-refractivity contribution is -0.662. The summed E-state index contributed by atoms with van der Waals surface area (Å²) in [4.78, 5) is 93.3. The molecule has 6 heterocycles. The van der Waals surface area contributed by atoms with E-state index in [1.165, 1.54) is 81.8 Å². The predicted molar refractivity (Wildman–Crippen MR) is 513 cm³/mol. The molecule has 14 N–H and O–H groups in total. The van der Waals surface area contributed by atoms with Gasteiger partial charge in [0.25, 0.3) is 5.91 Å². The number of para-hydroxylation sites is 2. The number of nitrogens with two attached hydrogens (primary N) is 5. The van der Waals surface area contributed by atoms with Crippen LogP contribution in [0.5, 0.6) is 0 Å². The molecule has 0 aliphatic heterocycles. The van der Waals surface area contributed by atoms with Crippen LogP contribution in [-0.4, -0.2) is 69.2 Å². The van der Waals surface area contributed by atoms with Crippen LogP contribution in [0.25, 0.3) is 108 Å². The standard InChI is InChI=1S/C18H15FN2O2.3C18H16N2O2.C17H15N3O2.C17H14N2O2/c19-16-5-1-14(2-6-16)12-21-10-9-15-11-13(3-7-17(15)21)4-8-18(22)23-20;21-18(19-22)11-10-15-13-20(12-14-6-2-1-3-7-14)17-9-5-4-8-16(15)17;19-22-18(21)9-7-14-6-8-16-15(12-20-17(16)11-14)10-13-4-2-1-3-5-13;19-22-18(21)9-7-14-6-8-17-16(12-14)10-11-20(17)13-15-4-2-1-3-5-15;18-22-17(21)9-7-13-6-8-15-16(10-13)20(12-19-15)11-14-4-2-1-3-5-14;18-21-17(20)9-7-13-6-8-16-14(12-13)10-11-19(16)15-4-2-1-3-5-15/h1-11H,12,20H2;1-11,13,22H,12H2,(H,19,21);1-9,11-12,20H,10,19H2;1-12H,13,19H2;1-10,12H,11,18H2;1-12H,18H2/p+1/b8-4+;11-10+;4*9-7+. The van der Waals surface area contributed by atoms with Crippen LogP contribution >= 0.6 is 0 Å². The number of benzene rings is 12. The summed E-state index contributed by atoms with van der Waals surface area (Å²) in [7, 11) is 0. The number of amides is 1. The van der Waals surface area contributed by atoms with Gasteiger partial charge in [0, 0.05) is 147 Å². The van der Waals surface area contributed by atoms with Gasteiger partial charge in [-0.25, -0.2) is 43.4 Å². The number of nitrogens with zero attached hydrogens (tertiary/aromatic N) is 5. The number of fused-ring (bicyclic) bond motifs is 6. The number of rotatable bonds is 23. The average Bonchev–Trinajstić information content (AvgIpc) is 1.66. The number of aromatic amines is 2. The first-order valence-corrected chi connectivity index (χ1v) is 41.5. The third-order valence-corrected chi connectivity index (χ3v) is 20.9. The van der Waals surface area contributed by atoms with Gasteiger partial charge >= 0.3 is 29.8 Å². The van der Waals surface area contributed by atoms with Gasteiger partial charge < -0.3 is 47.4 Å². The van der Waals surface area contributed by atoms with Gasteiger partial charge in [-0.15, -0.1) is 0 Å². The van der Waals surface area contributed by atoms with Crippen LogP contribution in [0.4, 0.5) is 4.39 Å². The highest BCUT2D eigenvalue weighted by Crippen LogP contribution is 2.29.